The maximum absolute atomic E-state index is 11.7. The molecule has 0 aliphatic rings. The van der Waals surface area contributed by atoms with Gasteiger partial charge in [-0.15, -0.1) is 0 Å². The summed E-state index contributed by atoms with van der Waals surface area (Å²) in [5.74, 6) is 0.471. The monoisotopic (exact) mass is 925 g/mol. The molecule has 2 rings (SSSR count). The van der Waals surface area contributed by atoms with Crippen LogP contribution in [0.15, 0.2) is 60.7 Å². The smallest absolute Gasteiger partial charge is 1.00 e. The van der Waals surface area contributed by atoms with Crippen molar-refractivity contribution in [2.75, 3.05) is 68.5 Å². The molecule has 0 saturated carbocycles. The Morgan fingerprint density at radius 2 is 0.707 bits per heavy atom. The molecule has 0 bridgehead atoms. The summed E-state index contributed by atoms with van der Waals surface area (Å²) in [6.07, 6.45) is 27.1. The zero-order valence-electron chi connectivity index (χ0n) is 39.4. The molecule has 10 heteroatoms. The summed E-state index contributed by atoms with van der Waals surface area (Å²) in [5.41, 5.74) is 1.64. The van der Waals surface area contributed by atoms with Crippen LogP contribution >= 0.6 is 0 Å². The van der Waals surface area contributed by atoms with Gasteiger partial charge in [-0.3, -0.25) is 9.59 Å². The zero-order chi connectivity index (χ0) is 42.2. The van der Waals surface area contributed by atoms with Gasteiger partial charge in [-0.25, -0.2) is 0 Å². The van der Waals surface area contributed by atoms with E-state index in [1.807, 2.05) is 60.7 Å². The predicted octanol–water partition coefficient (Wildman–Crippen LogP) is 3.21. The van der Waals surface area contributed by atoms with E-state index in [0.29, 0.717) is 12.8 Å². The molecule has 4 radical (unpaired) electrons. The Hall–Kier alpha value is -0.840. The van der Waals surface area contributed by atoms with Crippen LogP contribution in [0, 0.1) is 0 Å². The van der Waals surface area contributed by atoms with E-state index < -0.39 is 0 Å². The van der Waals surface area contributed by atoms with Crippen LogP contribution in [0.25, 0.3) is 0 Å². The Labute approximate surface area is 402 Å². The van der Waals surface area contributed by atoms with E-state index in [0.717, 1.165) is 71.8 Å². The SMILES string of the molecule is CCCCCCCCCCCC(=O)NCCC[N+](C)(C)C.CCCCCCCCCCCC(=O)NCCC[N+](C)(C)C.[B]c1ccccc1.[B]c1ccccc1.[I-].[Na+]. The molecule has 2 N–H and O–H groups in total. The van der Waals surface area contributed by atoms with Crippen LogP contribution in [0.5, 0.6) is 0 Å². The summed E-state index contributed by atoms with van der Waals surface area (Å²) < 4.78 is 1.93. The molecule has 2 aromatic rings. The molecule has 0 aromatic heterocycles. The number of carbonyl (C=O) groups is 2. The van der Waals surface area contributed by atoms with Gasteiger partial charge in [0.25, 0.3) is 0 Å². The van der Waals surface area contributed by atoms with Crippen molar-refractivity contribution in [1.29, 1.82) is 0 Å². The third-order valence-electron chi connectivity index (χ3n) is 9.27. The van der Waals surface area contributed by atoms with Gasteiger partial charge in [-0.1, -0.05) is 188 Å². The molecule has 0 unspecified atom stereocenters. The number of carbonyl (C=O) groups excluding carboxylic acids is 2. The Kier molecular flexibility index (Phi) is 50.2. The molecule has 324 valence electrons. The summed E-state index contributed by atoms with van der Waals surface area (Å²) in [5, 5.41) is 6.06. The quantitative estimate of drug-likeness (QED) is 0.0598. The number of quaternary nitrogens is 2. The van der Waals surface area contributed by atoms with Crippen molar-refractivity contribution in [2.45, 2.75) is 155 Å². The van der Waals surface area contributed by atoms with Crippen LogP contribution in [0.2, 0.25) is 0 Å². The number of rotatable bonds is 28. The topological polar surface area (TPSA) is 58.2 Å². The number of benzene rings is 2. The fraction of sp³-hybridized carbons (Fsp3) is 0.708. The van der Waals surface area contributed by atoms with Crippen molar-refractivity contribution >= 4 is 38.4 Å². The van der Waals surface area contributed by atoms with Gasteiger partial charge < -0.3 is 43.6 Å². The molecule has 0 atom stereocenters. The third kappa shape index (κ3) is 57.3. The van der Waals surface area contributed by atoms with Crippen LogP contribution < -0.4 is 75.1 Å². The van der Waals surface area contributed by atoms with Gasteiger partial charge in [0.15, 0.2) is 0 Å². The van der Waals surface area contributed by atoms with E-state index in [-0.39, 0.29) is 65.3 Å². The van der Waals surface area contributed by atoms with Gasteiger partial charge in [0, 0.05) is 38.8 Å². The van der Waals surface area contributed by atoms with E-state index in [4.69, 9.17) is 15.7 Å². The molecule has 0 fully saturated rings. The maximum Gasteiger partial charge on any atom is 1.00 e. The molecular weight excluding hydrogens is 836 g/mol. The Morgan fingerprint density at radius 3 is 0.931 bits per heavy atom. The number of hydrogen-bond donors (Lipinski definition) is 2. The first-order chi connectivity index (χ1) is 26.7. The largest absolute Gasteiger partial charge is 1.00 e. The minimum atomic E-state index is 0. The summed E-state index contributed by atoms with van der Waals surface area (Å²) in [6, 6.07) is 19.0. The molecule has 0 saturated heterocycles. The van der Waals surface area contributed by atoms with Crippen LogP contribution in [-0.4, -0.2) is 105 Å². The Balaban J connectivity index is -0.000000366. The average molecular weight is 925 g/mol. The van der Waals surface area contributed by atoms with Crippen molar-refractivity contribution in [3.63, 3.8) is 0 Å². The van der Waals surface area contributed by atoms with Crippen LogP contribution in [0.1, 0.15) is 155 Å². The molecule has 2 amide bonds. The van der Waals surface area contributed by atoms with E-state index in [1.54, 1.807) is 0 Å². The summed E-state index contributed by atoms with van der Waals surface area (Å²) in [6.45, 7) is 8.38. The van der Waals surface area contributed by atoms with Gasteiger partial charge in [-0.2, -0.15) is 0 Å². The number of amides is 2. The molecule has 58 heavy (non-hydrogen) atoms. The van der Waals surface area contributed by atoms with E-state index in [1.165, 1.54) is 103 Å². The third-order valence-corrected chi connectivity index (χ3v) is 9.27. The number of halogens is 1. The second kappa shape index (κ2) is 45.7. The first-order valence-electron chi connectivity index (χ1n) is 22.5. The Morgan fingerprint density at radius 1 is 0.448 bits per heavy atom. The van der Waals surface area contributed by atoms with Crippen LogP contribution in [0.3, 0.4) is 0 Å². The second-order valence-corrected chi connectivity index (χ2v) is 17.4. The van der Waals surface area contributed by atoms with Crippen molar-refractivity contribution in [2.24, 2.45) is 0 Å². The molecule has 0 aliphatic heterocycles. The molecular formula is C48H88B2IN4NaO2+2. The fourth-order valence-corrected chi connectivity index (χ4v) is 5.84. The van der Waals surface area contributed by atoms with Crippen molar-refractivity contribution in [3.05, 3.63) is 60.7 Å². The van der Waals surface area contributed by atoms with Gasteiger partial charge in [-0.05, 0) is 12.8 Å². The minimum Gasteiger partial charge on any atom is -1.00 e. The van der Waals surface area contributed by atoms with Crippen molar-refractivity contribution in [3.8, 4) is 0 Å². The van der Waals surface area contributed by atoms with E-state index in [2.05, 4.69) is 66.8 Å². The maximum atomic E-state index is 11.7. The predicted molar refractivity (Wildman–Crippen MR) is 248 cm³/mol. The van der Waals surface area contributed by atoms with Gasteiger partial charge in [0.05, 0.1) is 55.4 Å². The van der Waals surface area contributed by atoms with Crippen LogP contribution in [0.4, 0.5) is 0 Å². The summed E-state index contributed by atoms with van der Waals surface area (Å²) in [4.78, 5) is 23.3. The summed E-state index contributed by atoms with van der Waals surface area (Å²) >= 11 is 0. The minimum absolute atomic E-state index is 0. The van der Waals surface area contributed by atoms with Crippen molar-refractivity contribution in [1.82, 2.24) is 10.6 Å². The number of nitrogens with one attached hydrogen (secondary N) is 2. The second-order valence-electron chi connectivity index (χ2n) is 17.4. The van der Waals surface area contributed by atoms with Gasteiger partial charge >= 0.3 is 29.6 Å². The molecule has 2 aromatic carbocycles. The number of hydrogen-bond acceptors (Lipinski definition) is 2. The van der Waals surface area contributed by atoms with Crippen LogP contribution in [-0.2, 0) is 9.59 Å². The number of unbranched alkanes of at least 4 members (excludes halogenated alkanes) is 16. The first-order valence-corrected chi connectivity index (χ1v) is 22.5. The molecule has 0 heterocycles. The van der Waals surface area contributed by atoms with Gasteiger partial charge in [0.2, 0.25) is 11.8 Å². The molecule has 0 spiro atoms. The van der Waals surface area contributed by atoms with Crippen molar-refractivity contribution < 1.29 is 72.1 Å². The van der Waals surface area contributed by atoms with E-state index in [9.17, 15) is 9.59 Å². The molecule has 6 nitrogen and oxygen atoms in total. The normalized spacial score (nSPS) is 10.5. The van der Waals surface area contributed by atoms with E-state index >= 15 is 0 Å². The standard InChI is InChI=1S/2C18H38N2O.2C6H5B.HI.Na/c2*1-5-6-7-8-9-10-11-12-13-15-18(21)19-16-14-17-20(2,3)4;2*7-6-4-2-1-3-5-6;;/h2*5-17H2,1-4H3;2*1-5H;1H;/q;;;;;+1/p+1. The summed E-state index contributed by atoms with van der Waals surface area (Å²) in [7, 11) is 23.8. The Bertz CT molecular complexity index is 1050. The first kappa shape index (κ1) is 63.8. The average Bonchev–Trinajstić information content (AvgIpc) is 3.14. The zero-order valence-corrected chi connectivity index (χ0v) is 43.6. The molecule has 0 aliphatic carbocycles. The van der Waals surface area contributed by atoms with Gasteiger partial charge in [0.1, 0.15) is 15.7 Å². The fourth-order valence-electron chi connectivity index (χ4n) is 5.84. The number of nitrogens with zero attached hydrogens (tertiary/aromatic N) is 2.